The molecule has 2 aromatic carbocycles. The summed E-state index contributed by atoms with van der Waals surface area (Å²) < 4.78 is 47.3. The molecule has 0 saturated carbocycles. The molecule has 0 spiro atoms. The Morgan fingerprint density at radius 1 is 1.22 bits per heavy atom. The second-order valence-corrected chi connectivity index (χ2v) is 9.30. The highest BCUT2D eigenvalue weighted by molar-refractivity contribution is 5.97. The minimum atomic E-state index is -2.91. The van der Waals surface area contributed by atoms with E-state index in [2.05, 4.69) is 15.3 Å². The number of ether oxygens (including phenoxy) is 1. The van der Waals surface area contributed by atoms with Gasteiger partial charge in [0.1, 0.15) is 23.2 Å². The SMILES string of the molecule is Cc1nc(N[C@H](C)c2cccc(C(F)F)c2F)c2cc(C3=CCC(C(=O)O)CC3)c3c(c2n1)CCO3. The van der Waals surface area contributed by atoms with Crippen molar-refractivity contribution in [3.8, 4) is 5.75 Å². The van der Waals surface area contributed by atoms with Crippen molar-refractivity contribution in [3.63, 3.8) is 0 Å². The third-order valence-corrected chi connectivity index (χ3v) is 6.97. The molecule has 5 rings (SSSR count). The molecule has 0 bridgehead atoms. The highest BCUT2D eigenvalue weighted by Crippen LogP contribution is 2.44. The molecule has 36 heavy (non-hydrogen) atoms. The average Bonchev–Trinajstić information content (AvgIpc) is 3.34. The minimum absolute atomic E-state index is 0.122. The summed E-state index contributed by atoms with van der Waals surface area (Å²) in [6.07, 6.45) is 1.32. The number of nitrogens with zero attached hydrogens (tertiary/aromatic N) is 2. The largest absolute Gasteiger partial charge is 0.492 e. The number of aryl methyl sites for hydroxylation is 1. The average molecular weight is 498 g/mol. The van der Waals surface area contributed by atoms with E-state index in [0.717, 1.165) is 39.4 Å². The number of anilines is 1. The van der Waals surface area contributed by atoms with E-state index in [4.69, 9.17) is 4.74 Å². The molecule has 0 saturated heterocycles. The summed E-state index contributed by atoms with van der Waals surface area (Å²) in [5.41, 5.74) is 3.07. The highest BCUT2D eigenvalue weighted by atomic mass is 19.3. The van der Waals surface area contributed by atoms with E-state index < -0.39 is 35.7 Å². The summed E-state index contributed by atoms with van der Waals surface area (Å²) in [5, 5.41) is 13.3. The summed E-state index contributed by atoms with van der Waals surface area (Å²) >= 11 is 0. The van der Waals surface area contributed by atoms with Crippen molar-refractivity contribution in [3.05, 3.63) is 64.2 Å². The lowest BCUT2D eigenvalue weighted by Gasteiger charge is -2.22. The summed E-state index contributed by atoms with van der Waals surface area (Å²) in [6.45, 7) is 3.98. The predicted octanol–water partition coefficient (Wildman–Crippen LogP) is 6.39. The molecule has 0 radical (unpaired) electrons. The number of carbonyl (C=O) groups is 1. The molecule has 9 heteroatoms. The lowest BCUT2D eigenvalue weighted by Crippen LogP contribution is -2.16. The van der Waals surface area contributed by atoms with E-state index in [1.807, 2.05) is 12.1 Å². The number of nitrogens with one attached hydrogen (secondary N) is 1. The number of aliphatic carboxylic acids is 1. The minimum Gasteiger partial charge on any atom is -0.492 e. The van der Waals surface area contributed by atoms with Crippen LogP contribution < -0.4 is 10.1 Å². The van der Waals surface area contributed by atoms with E-state index in [-0.39, 0.29) is 5.56 Å². The molecule has 1 aliphatic heterocycles. The number of carboxylic acid groups (broad SMARTS) is 1. The van der Waals surface area contributed by atoms with Gasteiger partial charge in [-0.3, -0.25) is 4.79 Å². The fourth-order valence-corrected chi connectivity index (χ4v) is 5.09. The van der Waals surface area contributed by atoms with E-state index in [0.29, 0.717) is 43.9 Å². The maximum Gasteiger partial charge on any atom is 0.306 e. The van der Waals surface area contributed by atoms with E-state index >= 15 is 0 Å². The van der Waals surface area contributed by atoms with Crippen LogP contribution in [-0.2, 0) is 11.2 Å². The number of hydrogen-bond acceptors (Lipinski definition) is 5. The van der Waals surface area contributed by atoms with E-state index in [1.165, 1.54) is 12.1 Å². The van der Waals surface area contributed by atoms with Crippen LogP contribution in [0.3, 0.4) is 0 Å². The monoisotopic (exact) mass is 497 g/mol. The van der Waals surface area contributed by atoms with Gasteiger partial charge >= 0.3 is 5.97 Å². The topological polar surface area (TPSA) is 84.3 Å². The Morgan fingerprint density at radius 3 is 2.69 bits per heavy atom. The number of fused-ring (bicyclic) bond motifs is 3. The van der Waals surface area contributed by atoms with Gasteiger partial charge in [0.2, 0.25) is 0 Å². The van der Waals surface area contributed by atoms with Gasteiger partial charge in [0.25, 0.3) is 6.43 Å². The summed E-state index contributed by atoms with van der Waals surface area (Å²) in [7, 11) is 0. The van der Waals surface area contributed by atoms with Crippen molar-refractivity contribution < 1.29 is 27.8 Å². The van der Waals surface area contributed by atoms with Gasteiger partial charge in [-0.2, -0.15) is 0 Å². The van der Waals surface area contributed by atoms with Crippen molar-refractivity contribution in [2.45, 2.75) is 52.0 Å². The van der Waals surface area contributed by atoms with E-state index in [1.54, 1.807) is 13.8 Å². The molecule has 2 atom stereocenters. The van der Waals surface area contributed by atoms with Crippen LogP contribution in [0.1, 0.15) is 66.7 Å². The van der Waals surface area contributed by atoms with Gasteiger partial charge in [0.05, 0.1) is 29.6 Å². The molecule has 3 aromatic rings. The van der Waals surface area contributed by atoms with Gasteiger partial charge in [-0.15, -0.1) is 0 Å². The Bertz CT molecular complexity index is 1390. The first-order valence-corrected chi connectivity index (χ1v) is 12.0. The fourth-order valence-electron chi connectivity index (χ4n) is 5.09. The maximum atomic E-state index is 14.8. The molecule has 2 N–H and O–H groups in total. The predicted molar refractivity (Wildman–Crippen MR) is 130 cm³/mol. The first kappa shape index (κ1) is 24.1. The van der Waals surface area contributed by atoms with Crippen LogP contribution in [0.4, 0.5) is 19.0 Å². The molecule has 1 aromatic heterocycles. The Labute approximate surface area is 206 Å². The Kier molecular flexibility index (Phi) is 6.32. The third-order valence-electron chi connectivity index (χ3n) is 6.97. The van der Waals surface area contributed by atoms with Crippen LogP contribution in [-0.4, -0.2) is 27.7 Å². The lowest BCUT2D eigenvalue weighted by molar-refractivity contribution is -0.141. The number of allylic oxidation sites excluding steroid dienone is 2. The first-order valence-electron chi connectivity index (χ1n) is 12.0. The zero-order valence-electron chi connectivity index (χ0n) is 19.9. The van der Waals surface area contributed by atoms with Gasteiger partial charge in [0.15, 0.2) is 0 Å². The number of alkyl halides is 2. The molecule has 0 amide bonds. The van der Waals surface area contributed by atoms with Gasteiger partial charge in [-0.25, -0.2) is 23.1 Å². The number of aromatic nitrogens is 2. The van der Waals surface area contributed by atoms with Crippen LogP contribution in [0.5, 0.6) is 5.75 Å². The molecular formula is C27H26F3N3O3. The van der Waals surface area contributed by atoms with Crippen molar-refractivity contribution in [2.75, 3.05) is 11.9 Å². The standard InChI is InChI=1S/C27H26F3N3O3/c1-13(17-4-3-5-18(22(17)28)25(29)30)31-26-21-12-20(15-6-8-16(9-7-15)27(34)35)24-19(10-11-36-24)23(21)32-14(2)33-26/h3-6,12-13,16,25H,7-11H2,1-2H3,(H,34,35)(H,31,32,33)/t13-,16?/m1/s1. The number of halogens is 3. The van der Waals surface area contributed by atoms with Crippen molar-refractivity contribution in [1.29, 1.82) is 0 Å². The normalized spacial score (nSPS) is 18.1. The van der Waals surface area contributed by atoms with Crippen molar-refractivity contribution in [2.24, 2.45) is 5.92 Å². The summed E-state index contributed by atoms with van der Waals surface area (Å²) in [4.78, 5) is 20.6. The molecule has 6 nitrogen and oxygen atoms in total. The maximum absolute atomic E-state index is 14.8. The van der Waals surface area contributed by atoms with Crippen LogP contribution >= 0.6 is 0 Å². The zero-order valence-corrected chi connectivity index (χ0v) is 19.9. The Balaban J connectivity index is 1.59. The van der Waals surface area contributed by atoms with Crippen molar-refractivity contribution >= 4 is 28.3 Å². The highest BCUT2D eigenvalue weighted by Gasteiger charge is 2.28. The number of hydrogen-bond donors (Lipinski definition) is 2. The molecule has 2 heterocycles. The first-order chi connectivity index (χ1) is 17.2. The summed E-state index contributed by atoms with van der Waals surface area (Å²) in [6, 6.07) is 5.29. The van der Waals surface area contributed by atoms with Gasteiger partial charge in [-0.05, 0) is 44.7 Å². The molecule has 0 fully saturated rings. The number of carboxylic acids is 1. The molecule has 188 valence electrons. The second kappa shape index (κ2) is 9.44. The molecule has 1 unspecified atom stereocenters. The van der Waals surface area contributed by atoms with E-state index in [9.17, 15) is 23.1 Å². The van der Waals surface area contributed by atoms with Gasteiger partial charge < -0.3 is 15.2 Å². The summed E-state index contributed by atoms with van der Waals surface area (Å²) in [5.74, 6) is -0.373. The van der Waals surface area contributed by atoms with Crippen LogP contribution in [0.15, 0.2) is 30.3 Å². The molecule has 1 aliphatic carbocycles. The quantitative estimate of drug-likeness (QED) is 0.411. The zero-order chi connectivity index (χ0) is 25.6. The van der Waals surface area contributed by atoms with Crippen LogP contribution in [0.25, 0.3) is 16.5 Å². The van der Waals surface area contributed by atoms with Gasteiger partial charge in [0, 0.05) is 28.5 Å². The van der Waals surface area contributed by atoms with Crippen LogP contribution in [0.2, 0.25) is 0 Å². The Morgan fingerprint density at radius 2 is 2.00 bits per heavy atom. The fraction of sp³-hybridized carbons (Fsp3) is 0.370. The lowest BCUT2D eigenvalue weighted by atomic mass is 9.85. The van der Waals surface area contributed by atoms with Crippen LogP contribution in [0, 0.1) is 18.7 Å². The van der Waals surface area contributed by atoms with Gasteiger partial charge in [-0.1, -0.05) is 24.3 Å². The smallest absolute Gasteiger partial charge is 0.306 e. The van der Waals surface area contributed by atoms with Crippen molar-refractivity contribution in [1.82, 2.24) is 9.97 Å². The molecular weight excluding hydrogens is 471 g/mol. The Hall–Kier alpha value is -3.62. The molecule has 2 aliphatic rings. The third kappa shape index (κ3) is 4.27. The number of benzene rings is 2. The second-order valence-electron chi connectivity index (χ2n) is 9.30. The number of rotatable bonds is 6.